The van der Waals surface area contributed by atoms with Gasteiger partial charge in [-0.05, 0) is 35.7 Å². The Hall–Kier alpha value is -3.41. The molecule has 0 amide bonds. The van der Waals surface area contributed by atoms with Crippen LogP contribution < -0.4 is 10.2 Å². The van der Waals surface area contributed by atoms with Gasteiger partial charge < -0.3 is 14.4 Å². The molecule has 5 rings (SSSR count). The van der Waals surface area contributed by atoms with Crippen molar-refractivity contribution in [3.8, 4) is 28.1 Å². The Morgan fingerprint density at radius 1 is 1.11 bits per heavy atom. The van der Waals surface area contributed by atoms with Gasteiger partial charge in [-0.25, -0.2) is 9.18 Å². The molecule has 0 fully saturated rings. The maximum absolute atomic E-state index is 13.8. The molecule has 28 heavy (non-hydrogen) atoms. The van der Waals surface area contributed by atoms with Gasteiger partial charge >= 0.3 is 5.97 Å². The van der Waals surface area contributed by atoms with Gasteiger partial charge in [-0.15, -0.1) is 0 Å². The highest BCUT2D eigenvalue weighted by molar-refractivity contribution is 5.88. The normalized spacial score (nSPS) is 14.0. The van der Waals surface area contributed by atoms with E-state index in [-0.39, 0.29) is 11.4 Å². The average Bonchev–Trinajstić information content (AvgIpc) is 3.16. The minimum atomic E-state index is -1.23. The van der Waals surface area contributed by atoms with Crippen LogP contribution in [0.2, 0.25) is 0 Å². The molecule has 0 unspecified atom stereocenters. The first kappa shape index (κ1) is 16.7. The number of hydrogen-bond acceptors (Lipinski definition) is 3. The number of aromatic carboxylic acids is 1. The summed E-state index contributed by atoms with van der Waals surface area (Å²) >= 11 is 0. The van der Waals surface area contributed by atoms with Crippen molar-refractivity contribution >= 4 is 5.97 Å². The molecule has 2 aliphatic heterocycles. The van der Waals surface area contributed by atoms with Gasteiger partial charge in [0.25, 0.3) is 0 Å². The summed E-state index contributed by atoms with van der Waals surface area (Å²) < 4.78 is 21.5. The predicted molar refractivity (Wildman–Crippen MR) is 101 cm³/mol. The molecule has 6 heteroatoms. The molecule has 3 heterocycles. The minimum absolute atomic E-state index is 0.234. The van der Waals surface area contributed by atoms with Crippen molar-refractivity contribution in [2.24, 2.45) is 0 Å². The van der Waals surface area contributed by atoms with Crippen LogP contribution in [-0.4, -0.2) is 22.2 Å². The molecule has 2 aromatic carbocycles. The zero-order chi connectivity index (χ0) is 19.4. The Balaban J connectivity index is 1.79. The molecular formula is C22H16FNO4. The lowest BCUT2D eigenvalue weighted by Crippen LogP contribution is -2.22. The molecule has 5 nitrogen and oxygen atoms in total. The lowest BCUT2D eigenvalue weighted by Gasteiger charge is -2.25. The summed E-state index contributed by atoms with van der Waals surface area (Å²) in [7, 11) is 0. The number of carboxylic acids is 1. The molecule has 0 saturated carbocycles. The number of pyridine rings is 1. The van der Waals surface area contributed by atoms with E-state index >= 15 is 0 Å². The Morgan fingerprint density at radius 2 is 1.96 bits per heavy atom. The van der Waals surface area contributed by atoms with E-state index in [1.165, 1.54) is 24.4 Å². The number of aryl methyl sites for hydroxylation is 1. The zero-order valence-corrected chi connectivity index (χ0v) is 14.9. The number of halogens is 1. The van der Waals surface area contributed by atoms with Crippen LogP contribution in [0.1, 0.15) is 21.5 Å². The average molecular weight is 377 g/mol. The summed E-state index contributed by atoms with van der Waals surface area (Å²) in [5.74, 6) is -0.777. The second-order valence-electron chi connectivity index (χ2n) is 7.05. The van der Waals surface area contributed by atoms with Crippen LogP contribution in [0.5, 0.6) is 5.75 Å². The smallest absolute Gasteiger partial charge is 0.341 e. The number of hydrogen-bond donors (Lipinski definition) is 1. The van der Waals surface area contributed by atoms with Gasteiger partial charge in [-0.3, -0.25) is 4.79 Å². The van der Waals surface area contributed by atoms with Crippen molar-refractivity contribution in [2.75, 3.05) is 6.61 Å². The summed E-state index contributed by atoms with van der Waals surface area (Å²) in [4.78, 5) is 23.6. The van der Waals surface area contributed by atoms with Gasteiger partial charge in [0.05, 0.1) is 12.3 Å². The number of ether oxygens (including phenoxy) is 1. The van der Waals surface area contributed by atoms with Crippen molar-refractivity contribution in [1.29, 1.82) is 0 Å². The van der Waals surface area contributed by atoms with Crippen molar-refractivity contribution < 1.29 is 19.0 Å². The van der Waals surface area contributed by atoms with Crippen LogP contribution in [0.4, 0.5) is 4.39 Å². The highest BCUT2D eigenvalue weighted by Crippen LogP contribution is 2.45. The van der Waals surface area contributed by atoms with Crippen LogP contribution in [0.3, 0.4) is 0 Å². The second kappa shape index (κ2) is 6.05. The first-order valence-electron chi connectivity index (χ1n) is 9.08. The number of aromatic nitrogens is 1. The Morgan fingerprint density at radius 3 is 2.75 bits per heavy atom. The lowest BCUT2D eigenvalue weighted by molar-refractivity contribution is 0.0694. The number of carbonyl (C=O) groups is 1. The maximum atomic E-state index is 13.8. The van der Waals surface area contributed by atoms with E-state index < -0.39 is 11.4 Å². The van der Waals surface area contributed by atoms with E-state index in [9.17, 15) is 19.1 Å². The standard InChI is InChI=1S/C22H16FNO4/c23-13-3-1-2-12(8-13)16-9-17-14(15-5-7-28-21(15)16)4-6-24-11-18(22(26)27)20(25)10-19(17)24/h1-3,8-11H,4-7H2,(H,26,27). The van der Waals surface area contributed by atoms with E-state index in [4.69, 9.17) is 4.74 Å². The van der Waals surface area contributed by atoms with E-state index in [1.807, 2.05) is 16.7 Å². The number of nitrogens with zero attached hydrogens (tertiary/aromatic N) is 1. The molecule has 3 aromatic rings. The number of carboxylic acid groups (broad SMARTS) is 1. The van der Waals surface area contributed by atoms with Crippen molar-refractivity contribution in [2.45, 2.75) is 19.4 Å². The molecule has 0 bridgehead atoms. The van der Waals surface area contributed by atoms with Crippen LogP contribution >= 0.6 is 0 Å². The molecule has 2 aliphatic rings. The fourth-order valence-electron chi connectivity index (χ4n) is 4.21. The van der Waals surface area contributed by atoms with E-state index in [0.29, 0.717) is 24.4 Å². The number of fused-ring (bicyclic) bond motifs is 5. The van der Waals surface area contributed by atoms with Gasteiger partial charge in [0.1, 0.15) is 17.1 Å². The molecule has 1 N–H and O–H groups in total. The fraction of sp³-hybridized carbons (Fsp3) is 0.182. The Labute approximate surface area is 159 Å². The maximum Gasteiger partial charge on any atom is 0.341 e. The zero-order valence-electron chi connectivity index (χ0n) is 14.9. The SMILES string of the molecule is O=C(O)c1cn2c(cc1=O)-c1cc(-c3cccc(F)c3)c3c(c1CC2)CCO3. The molecular weight excluding hydrogens is 361 g/mol. The molecule has 140 valence electrons. The molecule has 0 atom stereocenters. The van der Waals surface area contributed by atoms with E-state index in [0.717, 1.165) is 40.8 Å². The van der Waals surface area contributed by atoms with Gasteiger partial charge in [0.2, 0.25) is 0 Å². The monoisotopic (exact) mass is 377 g/mol. The quantitative estimate of drug-likeness (QED) is 0.742. The third-order valence-corrected chi connectivity index (χ3v) is 5.47. The molecule has 0 saturated heterocycles. The van der Waals surface area contributed by atoms with Crippen LogP contribution in [0.25, 0.3) is 22.4 Å². The third-order valence-electron chi connectivity index (χ3n) is 5.47. The van der Waals surface area contributed by atoms with Crippen molar-refractivity contribution in [3.63, 3.8) is 0 Å². The number of rotatable bonds is 2. The lowest BCUT2D eigenvalue weighted by atomic mass is 9.87. The topological polar surface area (TPSA) is 68.5 Å². The summed E-state index contributed by atoms with van der Waals surface area (Å²) in [6.07, 6.45) is 2.90. The minimum Gasteiger partial charge on any atom is -0.492 e. The first-order valence-corrected chi connectivity index (χ1v) is 9.08. The van der Waals surface area contributed by atoms with E-state index in [2.05, 4.69) is 0 Å². The van der Waals surface area contributed by atoms with Crippen LogP contribution in [-0.2, 0) is 19.4 Å². The second-order valence-corrected chi connectivity index (χ2v) is 7.05. The summed E-state index contributed by atoms with van der Waals surface area (Å²) in [6.45, 7) is 1.16. The highest BCUT2D eigenvalue weighted by Gasteiger charge is 2.28. The molecule has 0 spiro atoms. The Kier molecular flexibility index (Phi) is 3.62. The summed E-state index contributed by atoms with van der Waals surface area (Å²) in [5.41, 5.74) is 4.52. The van der Waals surface area contributed by atoms with Crippen molar-refractivity contribution in [3.05, 3.63) is 75.3 Å². The summed E-state index contributed by atoms with van der Waals surface area (Å²) in [5, 5.41) is 9.24. The summed E-state index contributed by atoms with van der Waals surface area (Å²) in [6, 6.07) is 9.66. The highest BCUT2D eigenvalue weighted by atomic mass is 19.1. The molecule has 0 radical (unpaired) electrons. The third kappa shape index (κ3) is 2.45. The number of benzene rings is 2. The first-order chi connectivity index (χ1) is 13.5. The van der Waals surface area contributed by atoms with Gasteiger partial charge in [-0.2, -0.15) is 0 Å². The molecule has 0 aliphatic carbocycles. The van der Waals surface area contributed by atoms with E-state index in [1.54, 1.807) is 6.07 Å². The molecule has 1 aromatic heterocycles. The van der Waals surface area contributed by atoms with Crippen molar-refractivity contribution in [1.82, 2.24) is 4.57 Å². The van der Waals surface area contributed by atoms with Gasteiger partial charge in [0.15, 0.2) is 5.43 Å². The fourth-order valence-corrected chi connectivity index (χ4v) is 4.21. The van der Waals surface area contributed by atoms with Crippen LogP contribution in [0.15, 0.2) is 47.4 Å². The van der Waals surface area contributed by atoms with Gasteiger partial charge in [0, 0.05) is 41.9 Å². The van der Waals surface area contributed by atoms with Crippen LogP contribution in [0, 0.1) is 5.82 Å². The van der Waals surface area contributed by atoms with Gasteiger partial charge in [-0.1, -0.05) is 12.1 Å². The Bertz CT molecular complexity index is 1210. The largest absolute Gasteiger partial charge is 0.492 e. The predicted octanol–water partition coefficient (Wildman–Crippen LogP) is 3.51.